The monoisotopic (exact) mass is 949 g/mol. The van der Waals surface area contributed by atoms with Crippen molar-refractivity contribution >= 4 is 11.9 Å². The second kappa shape index (κ2) is 38.5. The lowest BCUT2D eigenvalue weighted by Crippen LogP contribution is -2.61. The van der Waals surface area contributed by atoms with Gasteiger partial charge in [-0.2, -0.15) is 0 Å². The number of ether oxygens (including phenoxy) is 6. The summed E-state index contributed by atoms with van der Waals surface area (Å²) in [5, 5.41) is 72.0. The van der Waals surface area contributed by atoms with Gasteiger partial charge in [0.1, 0.15) is 55.4 Å². The first-order chi connectivity index (χ1) is 32.5. The highest BCUT2D eigenvalue weighted by atomic mass is 16.7. The third kappa shape index (κ3) is 26.9. The lowest BCUT2D eigenvalue weighted by atomic mass is 9.98. The molecule has 0 saturated carbocycles. The minimum Gasteiger partial charge on any atom is -0.462 e. The van der Waals surface area contributed by atoms with Crippen molar-refractivity contribution in [2.75, 3.05) is 26.4 Å². The van der Waals surface area contributed by atoms with Crippen LogP contribution in [0, 0.1) is 0 Å². The summed E-state index contributed by atoms with van der Waals surface area (Å²) in [6.07, 6.45) is 29.0. The van der Waals surface area contributed by atoms with Crippen LogP contribution in [0.4, 0.5) is 0 Å². The molecule has 15 heteroatoms. The predicted molar refractivity (Wildman–Crippen MR) is 256 cm³/mol. The maximum atomic E-state index is 13.0. The third-order valence-corrected chi connectivity index (χ3v) is 11.3. The number of aliphatic hydroxyl groups excluding tert-OH is 7. The van der Waals surface area contributed by atoms with Crippen molar-refractivity contribution in [1.29, 1.82) is 0 Å². The Bertz CT molecular complexity index is 1490. The average molecular weight is 949 g/mol. The van der Waals surface area contributed by atoms with Gasteiger partial charge < -0.3 is 64.2 Å². The molecule has 0 aromatic rings. The van der Waals surface area contributed by atoms with Crippen molar-refractivity contribution in [2.45, 2.75) is 203 Å². The number of aliphatic hydroxyl groups is 7. The topological polar surface area (TPSA) is 231 Å². The largest absolute Gasteiger partial charge is 0.462 e. The number of hydrogen-bond donors (Lipinski definition) is 7. The molecule has 2 aliphatic rings. The average Bonchev–Trinajstić information content (AvgIpc) is 3.32. The standard InChI is InChI=1S/C52H84O15/c1-3-5-7-9-11-13-15-17-18-19-20-21-23-24-26-28-30-32-34-43(54)62-37-40(65-44(55)35-33-31-29-27-25-22-16-14-12-10-8-6-4-2)38-63-51-50(61)48(59)46(57)42(67-51)39-64-52-49(60)47(58)45(56)41(36-53)66-52/h6,8,10-21,40-42,45-53,56-61H,3-5,7,9,22-39H2,1-2H3/b8-6+,12-10+,13-11+,16-14+,17-15+,19-18+,21-20+/t40?,41-,42-,45+,46+,47?,48?,49?,50?,51-,52-/m1/s1. The maximum absolute atomic E-state index is 13.0. The Hall–Kier alpha value is -3.32. The van der Waals surface area contributed by atoms with Gasteiger partial charge in [0, 0.05) is 12.8 Å². The van der Waals surface area contributed by atoms with Gasteiger partial charge in [0.05, 0.1) is 19.8 Å². The molecule has 11 atom stereocenters. The number of esters is 2. The van der Waals surface area contributed by atoms with Crippen LogP contribution in [-0.2, 0) is 38.0 Å². The van der Waals surface area contributed by atoms with Crippen molar-refractivity contribution in [3.05, 3.63) is 85.1 Å². The Kier molecular flexibility index (Phi) is 34.4. The van der Waals surface area contributed by atoms with E-state index in [-0.39, 0.29) is 19.4 Å². The van der Waals surface area contributed by atoms with Crippen LogP contribution >= 0.6 is 0 Å². The highest BCUT2D eigenvalue weighted by Crippen LogP contribution is 2.26. The van der Waals surface area contributed by atoms with E-state index in [0.717, 1.165) is 77.0 Å². The normalized spacial score (nSPS) is 26.7. The summed E-state index contributed by atoms with van der Waals surface area (Å²) in [5.41, 5.74) is 0. The summed E-state index contributed by atoms with van der Waals surface area (Å²) in [5.74, 6) is -0.986. The zero-order chi connectivity index (χ0) is 48.9. The minimum absolute atomic E-state index is 0.131. The van der Waals surface area contributed by atoms with Crippen LogP contribution in [0.15, 0.2) is 85.1 Å². The first-order valence-electron chi connectivity index (χ1n) is 24.8. The smallest absolute Gasteiger partial charge is 0.306 e. The number of rotatable bonds is 36. The number of unbranched alkanes of at least 4 members (excludes halogenated alkanes) is 13. The van der Waals surface area contributed by atoms with Crippen molar-refractivity contribution in [2.24, 2.45) is 0 Å². The molecule has 382 valence electrons. The zero-order valence-corrected chi connectivity index (χ0v) is 40.1. The van der Waals surface area contributed by atoms with Crippen LogP contribution in [0.2, 0.25) is 0 Å². The number of hydrogen-bond acceptors (Lipinski definition) is 15. The van der Waals surface area contributed by atoms with Gasteiger partial charge in [0.2, 0.25) is 0 Å². The Morgan fingerprint density at radius 1 is 0.493 bits per heavy atom. The molecule has 0 aromatic carbocycles. The van der Waals surface area contributed by atoms with Gasteiger partial charge in [-0.1, -0.05) is 150 Å². The molecule has 0 bridgehead atoms. The first-order valence-corrected chi connectivity index (χ1v) is 24.8. The van der Waals surface area contributed by atoms with Crippen LogP contribution in [0.25, 0.3) is 0 Å². The van der Waals surface area contributed by atoms with Crippen molar-refractivity contribution in [3.8, 4) is 0 Å². The predicted octanol–water partition coefficient (Wildman–Crippen LogP) is 6.43. The van der Waals surface area contributed by atoms with Crippen LogP contribution in [0.1, 0.15) is 136 Å². The zero-order valence-electron chi connectivity index (χ0n) is 40.1. The van der Waals surface area contributed by atoms with Crippen molar-refractivity contribution < 1.29 is 73.8 Å². The molecule has 2 aliphatic heterocycles. The van der Waals surface area contributed by atoms with E-state index in [1.165, 1.54) is 19.3 Å². The molecule has 15 nitrogen and oxygen atoms in total. The fourth-order valence-electron chi connectivity index (χ4n) is 7.17. The van der Waals surface area contributed by atoms with Gasteiger partial charge >= 0.3 is 11.9 Å². The lowest BCUT2D eigenvalue weighted by Gasteiger charge is -2.42. The molecule has 5 unspecified atom stereocenters. The van der Waals surface area contributed by atoms with Crippen LogP contribution in [-0.4, -0.2) is 142 Å². The Balaban J connectivity index is 1.84. The molecule has 2 saturated heterocycles. The van der Waals surface area contributed by atoms with E-state index in [1.807, 2.05) is 48.6 Å². The number of carbonyl (C=O) groups excluding carboxylic acids is 2. The van der Waals surface area contributed by atoms with E-state index in [0.29, 0.717) is 12.8 Å². The van der Waals surface area contributed by atoms with Crippen LogP contribution < -0.4 is 0 Å². The fourth-order valence-corrected chi connectivity index (χ4v) is 7.17. The first kappa shape index (κ1) is 59.8. The van der Waals surface area contributed by atoms with Crippen molar-refractivity contribution in [3.63, 3.8) is 0 Å². The Morgan fingerprint density at radius 3 is 1.48 bits per heavy atom. The molecular weight excluding hydrogens is 865 g/mol. The molecular formula is C52H84O15. The number of allylic oxidation sites excluding steroid dienone is 14. The Labute approximate surface area is 399 Å². The van der Waals surface area contributed by atoms with E-state index < -0.39 is 99.3 Å². The quantitative estimate of drug-likeness (QED) is 0.0204. The molecule has 67 heavy (non-hydrogen) atoms. The molecule has 0 amide bonds. The van der Waals surface area contributed by atoms with E-state index in [9.17, 15) is 45.3 Å². The molecule has 7 N–H and O–H groups in total. The highest BCUT2D eigenvalue weighted by Gasteiger charge is 2.47. The van der Waals surface area contributed by atoms with E-state index in [4.69, 9.17) is 28.4 Å². The SMILES string of the molecule is CC/C=C/C=C/C=C/CCCCCCCC(=O)OC(COC(=O)CCCCCCC/C=C/C=C/C=C/C=C/CCCCC)CO[C@@H]1O[C@H](CO[C@@H]2O[C@H](CO)[C@H](O)C(O)C2O)[C@H](O)C(O)C1O. The summed E-state index contributed by atoms with van der Waals surface area (Å²) in [4.78, 5) is 25.7. The molecule has 0 aliphatic carbocycles. The van der Waals surface area contributed by atoms with Gasteiger partial charge in [0.25, 0.3) is 0 Å². The van der Waals surface area contributed by atoms with E-state index in [2.05, 4.69) is 50.3 Å². The molecule has 2 heterocycles. The van der Waals surface area contributed by atoms with Gasteiger partial charge in [-0.3, -0.25) is 9.59 Å². The maximum Gasteiger partial charge on any atom is 0.306 e. The van der Waals surface area contributed by atoms with E-state index in [1.54, 1.807) is 0 Å². The number of carbonyl (C=O) groups is 2. The van der Waals surface area contributed by atoms with E-state index >= 15 is 0 Å². The third-order valence-electron chi connectivity index (χ3n) is 11.3. The minimum atomic E-state index is -1.78. The van der Waals surface area contributed by atoms with Gasteiger partial charge in [-0.05, 0) is 57.8 Å². The molecule has 0 radical (unpaired) electrons. The summed E-state index contributed by atoms with van der Waals surface area (Å²) in [6.45, 7) is 2.34. The molecule has 0 aromatic heterocycles. The van der Waals surface area contributed by atoms with Crippen molar-refractivity contribution in [1.82, 2.24) is 0 Å². The van der Waals surface area contributed by atoms with Gasteiger partial charge in [-0.25, -0.2) is 0 Å². The summed E-state index contributed by atoms with van der Waals surface area (Å²) in [6, 6.07) is 0. The van der Waals surface area contributed by atoms with Crippen LogP contribution in [0.5, 0.6) is 0 Å². The summed E-state index contributed by atoms with van der Waals surface area (Å²) < 4.78 is 33.5. The van der Waals surface area contributed by atoms with Gasteiger partial charge in [-0.15, -0.1) is 0 Å². The van der Waals surface area contributed by atoms with Gasteiger partial charge in [0.15, 0.2) is 18.7 Å². The molecule has 0 spiro atoms. The second-order valence-electron chi connectivity index (χ2n) is 17.1. The highest BCUT2D eigenvalue weighted by molar-refractivity contribution is 5.70. The lowest BCUT2D eigenvalue weighted by molar-refractivity contribution is -0.332. The summed E-state index contributed by atoms with van der Waals surface area (Å²) in [7, 11) is 0. The molecule has 2 fully saturated rings. The molecule has 2 rings (SSSR count). The second-order valence-corrected chi connectivity index (χ2v) is 17.1. The fraction of sp³-hybridized carbons (Fsp3) is 0.692. The van der Waals surface area contributed by atoms with Crippen LogP contribution in [0.3, 0.4) is 0 Å². The Morgan fingerprint density at radius 2 is 0.940 bits per heavy atom. The summed E-state index contributed by atoms with van der Waals surface area (Å²) >= 11 is 0.